The second-order valence-electron chi connectivity index (χ2n) is 4.95. The molecule has 0 spiro atoms. The quantitative estimate of drug-likeness (QED) is 0.866. The van der Waals surface area contributed by atoms with Gasteiger partial charge in [-0.3, -0.25) is 9.69 Å². The van der Waals surface area contributed by atoms with Crippen LogP contribution in [0.25, 0.3) is 10.2 Å². The highest BCUT2D eigenvalue weighted by molar-refractivity contribution is 7.22. The summed E-state index contributed by atoms with van der Waals surface area (Å²) in [5.74, 6) is -0.410. The maximum atomic E-state index is 11.2. The van der Waals surface area contributed by atoms with Gasteiger partial charge in [-0.2, -0.15) is 0 Å². The predicted molar refractivity (Wildman–Crippen MR) is 83.9 cm³/mol. The summed E-state index contributed by atoms with van der Waals surface area (Å²) < 4.78 is 6.30. The molecule has 0 bridgehead atoms. The van der Waals surface area contributed by atoms with Crippen molar-refractivity contribution >= 4 is 32.6 Å². The van der Waals surface area contributed by atoms with Crippen LogP contribution in [0.15, 0.2) is 18.2 Å². The number of rotatable bonds is 5. The molecule has 7 heteroatoms. The third-order valence-corrected chi connectivity index (χ3v) is 4.46. The Labute approximate surface area is 126 Å². The van der Waals surface area contributed by atoms with E-state index in [9.17, 15) is 4.79 Å². The second-order valence-corrected chi connectivity index (χ2v) is 5.98. The first-order chi connectivity index (χ1) is 10.2. The number of thiazole rings is 1. The third-order valence-electron chi connectivity index (χ3n) is 3.48. The molecule has 1 aliphatic heterocycles. The highest BCUT2D eigenvalue weighted by atomic mass is 32.1. The summed E-state index contributed by atoms with van der Waals surface area (Å²) in [5.41, 5.74) is 6.70. The maximum absolute atomic E-state index is 11.2. The number of carbonyl (C=O) groups is 1. The minimum Gasteiger partial charge on any atom is -0.379 e. The first-order valence-corrected chi connectivity index (χ1v) is 7.78. The molecule has 0 saturated carbocycles. The summed E-state index contributed by atoms with van der Waals surface area (Å²) in [7, 11) is 0. The Kier molecular flexibility index (Phi) is 4.33. The normalized spacial score (nSPS) is 16.2. The monoisotopic (exact) mass is 306 g/mol. The first kappa shape index (κ1) is 14.2. The van der Waals surface area contributed by atoms with Gasteiger partial charge in [-0.1, -0.05) is 11.3 Å². The summed E-state index contributed by atoms with van der Waals surface area (Å²) in [4.78, 5) is 18.1. The van der Waals surface area contributed by atoms with Crippen LogP contribution in [0, 0.1) is 0 Å². The van der Waals surface area contributed by atoms with E-state index in [-0.39, 0.29) is 0 Å². The molecule has 0 unspecified atom stereocenters. The molecule has 0 atom stereocenters. The lowest BCUT2D eigenvalue weighted by atomic mass is 10.2. The number of carbonyl (C=O) groups excluding carboxylic acids is 1. The van der Waals surface area contributed by atoms with Gasteiger partial charge in [0.25, 0.3) is 0 Å². The summed E-state index contributed by atoms with van der Waals surface area (Å²) in [5, 5.41) is 4.21. The maximum Gasteiger partial charge on any atom is 0.248 e. The molecule has 1 amide bonds. The number of anilines is 1. The molecule has 2 heterocycles. The van der Waals surface area contributed by atoms with Crippen molar-refractivity contribution in [1.82, 2.24) is 9.88 Å². The Morgan fingerprint density at radius 3 is 3.00 bits per heavy atom. The van der Waals surface area contributed by atoms with Crippen molar-refractivity contribution < 1.29 is 9.53 Å². The molecule has 1 fully saturated rings. The number of hydrogen-bond acceptors (Lipinski definition) is 6. The number of amides is 1. The largest absolute Gasteiger partial charge is 0.379 e. The standard InChI is InChI=1S/C14H18N4O2S/c15-13(19)10-1-2-11-12(9-10)21-14(17-11)16-3-4-18-5-7-20-8-6-18/h1-2,9H,3-8H2,(H2,15,19)(H,16,17). The van der Waals surface area contributed by atoms with Crippen LogP contribution >= 0.6 is 11.3 Å². The van der Waals surface area contributed by atoms with Crippen LogP contribution in [0.4, 0.5) is 5.13 Å². The molecule has 6 nitrogen and oxygen atoms in total. The molecule has 112 valence electrons. The van der Waals surface area contributed by atoms with Crippen molar-refractivity contribution in [3.05, 3.63) is 23.8 Å². The Morgan fingerprint density at radius 2 is 2.24 bits per heavy atom. The van der Waals surface area contributed by atoms with Crippen molar-refractivity contribution in [1.29, 1.82) is 0 Å². The van der Waals surface area contributed by atoms with Crippen LogP contribution in [-0.4, -0.2) is 55.2 Å². The number of aromatic nitrogens is 1. The van der Waals surface area contributed by atoms with Gasteiger partial charge in [0.1, 0.15) is 0 Å². The topological polar surface area (TPSA) is 80.5 Å². The molecule has 21 heavy (non-hydrogen) atoms. The van der Waals surface area contributed by atoms with E-state index >= 15 is 0 Å². The highest BCUT2D eigenvalue weighted by Gasteiger charge is 2.10. The lowest BCUT2D eigenvalue weighted by Gasteiger charge is -2.26. The molecule has 1 saturated heterocycles. The number of benzene rings is 1. The summed E-state index contributed by atoms with van der Waals surface area (Å²) >= 11 is 1.54. The van der Waals surface area contributed by atoms with E-state index in [1.165, 1.54) is 0 Å². The fourth-order valence-electron chi connectivity index (χ4n) is 2.30. The number of morpholine rings is 1. The number of fused-ring (bicyclic) bond motifs is 1. The lowest BCUT2D eigenvalue weighted by molar-refractivity contribution is 0.0398. The van der Waals surface area contributed by atoms with Gasteiger partial charge < -0.3 is 15.8 Å². The average Bonchev–Trinajstić information content (AvgIpc) is 2.90. The van der Waals surface area contributed by atoms with E-state index in [0.717, 1.165) is 54.7 Å². The number of ether oxygens (including phenoxy) is 1. The van der Waals surface area contributed by atoms with Gasteiger partial charge in [-0.25, -0.2) is 4.98 Å². The van der Waals surface area contributed by atoms with Crippen molar-refractivity contribution in [3.63, 3.8) is 0 Å². The van der Waals surface area contributed by atoms with Gasteiger partial charge in [0, 0.05) is 31.7 Å². The number of primary amides is 1. The highest BCUT2D eigenvalue weighted by Crippen LogP contribution is 2.26. The molecule has 0 aliphatic carbocycles. The first-order valence-electron chi connectivity index (χ1n) is 6.97. The molecule has 1 aromatic carbocycles. The van der Waals surface area contributed by atoms with E-state index in [2.05, 4.69) is 15.2 Å². The Hall–Kier alpha value is -1.70. The van der Waals surface area contributed by atoms with Gasteiger partial charge in [0.2, 0.25) is 5.91 Å². The molecule has 3 N–H and O–H groups in total. The summed E-state index contributed by atoms with van der Waals surface area (Å²) in [6.07, 6.45) is 0. The Balaban J connectivity index is 1.60. The van der Waals surface area contributed by atoms with Gasteiger partial charge in [-0.05, 0) is 18.2 Å². The van der Waals surface area contributed by atoms with E-state index in [1.807, 2.05) is 6.07 Å². The third kappa shape index (κ3) is 3.49. The Bertz CT molecular complexity index is 637. The number of hydrogen-bond donors (Lipinski definition) is 2. The number of nitrogens with two attached hydrogens (primary N) is 1. The number of nitrogens with one attached hydrogen (secondary N) is 1. The summed E-state index contributed by atoms with van der Waals surface area (Å²) in [6.45, 7) is 5.44. The molecule has 3 rings (SSSR count). The number of nitrogens with zero attached hydrogens (tertiary/aromatic N) is 2. The van der Waals surface area contributed by atoms with Crippen molar-refractivity contribution in [3.8, 4) is 0 Å². The van der Waals surface area contributed by atoms with E-state index in [4.69, 9.17) is 10.5 Å². The van der Waals surface area contributed by atoms with Crippen LogP contribution < -0.4 is 11.1 Å². The summed E-state index contributed by atoms with van der Waals surface area (Å²) in [6, 6.07) is 5.34. The minimum atomic E-state index is -0.410. The smallest absolute Gasteiger partial charge is 0.248 e. The Morgan fingerprint density at radius 1 is 1.43 bits per heavy atom. The van der Waals surface area contributed by atoms with Crippen molar-refractivity contribution in [2.75, 3.05) is 44.7 Å². The SMILES string of the molecule is NC(=O)c1ccc2nc(NCCN3CCOCC3)sc2c1. The van der Waals surface area contributed by atoms with Crippen LogP contribution in [0.1, 0.15) is 10.4 Å². The van der Waals surface area contributed by atoms with Gasteiger partial charge >= 0.3 is 0 Å². The predicted octanol–water partition coefficient (Wildman–Crippen LogP) is 1.14. The molecular weight excluding hydrogens is 288 g/mol. The van der Waals surface area contributed by atoms with Crippen LogP contribution in [0.3, 0.4) is 0 Å². The van der Waals surface area contributed by atoms with Crippen LogP contribution in [-0.2, 0) is 4.74 Å². The minimum absolute atomic E-state index is 0.410. The van der Waals surface area contributed by atoms with E-state index in [1.54, 1.807) is 23.5 Å². The van der Waals surface area contributed by atoms with Gasteiger partial charge in [0.15, 0.2) is 5.13 Å². The second kappa shape index (κ2) is 6.38. The van der Waals surface area contributed by atoms with E-state index in [0.29, 0.717) is 5.56 Å². The van der Waals surface area contributed by atoms with E-state index < -0.39 is 5.91 Å². The molecule has 0 radical (unpaired) electrons. The zero-order valence-corrected chi connectivity index (χ0v) is 12.5. The molecular formula is C14H18N4O2S. The van der Waals surface area contributed by atoms with Crippen LogP contribution in [0.5, 0.6) is 0 Å². The fraction of sp³-hybridized carbons (Fsp3) is 0.429. The zero-order chi connectivity index (χ0) is 14.7. The van der Waals surface area contributed by atoms with Crippen molar-refractivity contribution in [2.45, 2.75) is 0 Å². The van der Waals surface area contributed by atoms with Gasteiger partial charge in [0.05, 0.1) is 23.4 Å². The van der Waals surface area contributed by atoms with Gasteiger partial charge in [-0.15, -0.1) is 0 Å². The zero-order valence-electron chi connectivity index (χ0n) is 11.7. The fourth-order valence-corrected chi connectivity index (χ4v) is 3.23. The molecule has 1 aliphatic rings. The lowest BCUT2D eigenvalue weighted by Crippen LogP contribution is -2.38. The molecule has 1 aromatic heterocycles. The average molecular weight is 306 g/mol. The van der Waals surface area contributed by atoms with Crippen molar-refractivity contribution in [2.24, 2.45) is 5.73 Å². The molecule has 2 aromatic rings. The van der Waals surface area contributed by atoms with Crippen LogP contribution in [0.2, 0.25) is 0 Å².